The molecule has 0 radical (unpaired) electrons. The number of aromatic nitrogens is 2. The summed E-state index contributed by atoms with van der Waals surface area (Å²) in [6, 6.07) is 6.27. The first-order chi connectivity index (χ1) is 9.04. The van der Waals surface area contributed by atoms with Gasteiger partial charge in [-0.15, -0.1) is 11.6 Å². The molecule has 0 aliphatic heterocycles. The second kappa shape index (κ2) is 6.19. The minimum Gasteiger partial charge on any atom is -0.326 e. The number of para-hydroxylation sites is 1. The molecule has 0 fully saturated rings. The highest BCUT2D eigenvalue weighted by Gasteiger charge is 2.16. The number of fused-ring (bicyclic) bond motifs is 1. The molecule has 0 spiro atoms. The highest BCUT2D eigenvalue weighted by Crippen LogP contribution is 2.27. The smallest absolute Gasteiger partial charge is 0.127 e. The van der Waals surface area contributed by atoms with Crippen molar-refractivity contribution in [3.63, 3.8) is 0 Å². The summed E-state index contributed by atoms with van der Waals surface area (Å²) in [5.41, 5.74) is 3.56. The van der Waals surface area contributed by atoms with E-state index in [-0.39, 0.29) is 5.38 Å². The fourth-order valence-corrected chi connectivity index (χ4v) is 2.85. The Morgan fingerprint density at radius 1 is 1.37 bits per heavy atom. The number of nitrogens with zero attached hydrogens (tertiary/aromatic N) is 2. The van der Waals surface area contributed by atoms with Crippen LogP contribution in [0.3, 0.4) is 0 Å². The van der Waals surface area contributed by atoms with E-state index in [1.807, 2.05) is 18.7 Å². The van der Waals surface area contributed by atoms with Crippen molar-refractivity contribution in [2.75, 3.05) is 6.26 Å². The van der Waals surface area contributed by atoms with Crippen molar-refractivity contribution in [1.29, 1.82) is 0 Å². The van der Waals surface area contributed by atoms with E-state index in [0.717, 1.165) is 24.3 Å². The number of imidazole rings is 1. The normalized spacial score (nSPS) is 14.8. The molecule has 0 amide bonds. The molecule has 2 aromatic rings. The fraction of sp³-hybridized carbons (Fsp3) is 0.533. The van der Waals surface area contributed by atoms with Crippen molar-refractivity contribution < 1.29 is 0 Å². The highest BCUT2D eigenvalue weighted by molar-refractivity contribution is 7.99. The van der Waals surface area contributed by atoms with Crippen LogP contribution in [0.4, 0.5) is 0 Å². The molecule has 2 unspecified atom stereocenters. The monoisotopic (exact) mass is 296 g/mol. The van der Waals surface area contributed by atoms with E-state index in [1.165, 1.54) is 11.1 Å². The lowest BCUT2D eigenvalue weighted by Crippen LogP contribution is -2.09. The topological polar surface area (TPSA) is 17.8 Å². The highest BCUT2D eigenvalue weighted by atomic mass is 35.5. The van der Waals surface area contributed by atoms with Gasteiger partial charge < -0.3 is 4.57 Å². The molecule has 1 heterocycles. The van der Waals surface area contributed by atoms with Gasteiger partial charge >= 0.3 is 0 Å². The molecule has 104 valence electrons. The average molecular weight is 297 g/mol. The minimum absolute atomic E-state index is 0.0589. The van der Waals surface area contributed by atoms with Gasteiger partial charge in [0.05, 0.1) is 16.4 Å². The number of thioether (sulfide) groups is 1. The van der Waals surface area contributed by atoms with Crippen LogP contribution in [0.15, 0.2) is 18.2 Å². The zero-order valence-electron chi connectivity index (χ0n) is 12.0. The number of hydrogen-bond acceptors (Lipinski definition) is 2. The van der Waals surface area contributed by atoms with Crippen LogP contribution >= 0.6 is 23.4 Å². The quantitative estimate of drug-likeness (QED) is 0.739. The zero-order valence-corrected chi connectivity index (χ0v) is 13.6. The third kappa shape index (κ3) is 3.09. The molecule has 0 N–H and O–H groups in total. The molecule has 4 heteroatoms. The molecule has 0 saturated carbocycles. The summed E-state index contributed by atoms with van der Waals surface area (Å²) in [4.78, 5) is 4.70. The van der Waals surface area contributed by atoms with E-state index in [2.05, 4.69) is 42.9 Å². The van der Waals surface area contributed by atoms with Crippen molar-refractivity contribution in [3.05, 3.63) is 29.6 Å². The maximum atomic E-state index is 6.29. The second-order valence-corrected chi connectivity index (χ2v) is 6.95. The van der Waals surface area contributed by atoms with E-state index >= 15 is 0 Å². The van der Waals surface area contributed by atoms with Gasteiger partial charge in [0.25, 0.3) is 0 Å². The second-order valence-electron chi connectivity index (χ2n) is 5.02. The predicted octanol–water partition coefficient (Wildman–Crippen LogP) is 4.79. The Bertz CT molecular complexity index is 563. The summed E-state index contributed by atoms with van der Waals surface area (Å²) in [6.07, 6.45) is 3.30. The number of aryl methyl sites for hydroxylation is 2. The van der Waals surface area contributed by atoms with Crippen LogP contribution in [0.1, 0.15) is 37.0 Å². The Balaban J connectivity index is 2.45. The molecular weight excluding hydrogens is 276 g/mol. The van der Waals surface area contributed by atoms with E-state index < -0.39 is 0 Å². The summed E-state index contributed by atoms with van der Waals surface area (Å²) >= 11 is 8.20. The number of hydrogen-bond donors (Lipinski definition) is 0. The van der Waals surface area contributed by atoms with Crippen LogP contribution in [0.25, 0.3) is 11.0 Å². The van der Waals surface area contributed by atoms with E-state index in [1.54, 1.807) is 0 Å². The molecule has 0 aliphatic carbocycles. The van der Waals surface area contributed by atoms with Gasteiger partial charge in [0, 0.05) is 11.8 Å². The molecular formula is C15H21ClN2S. The molecule has 0 aliphatic rings. The summed E-state index contributed by atoms with van der Waals surface area (Å²) in [7, 11) is 0. The number of benzene rings is 1. The van der Waals surface area contributed by atoms with Crippen molar-refractivity contribution in [1.82, 2.24) is 9.55 Å². The predicted molar refractivity (Wildman–Crippen MR) is 86.3 cm³/mol. The molecule has 1 aromatic carbocycles. The van der Waals surface area contributed by atoms with Crippen molar-refractivity contribution in [2.24, 2.45) is 0 Å². The Labute approximate surface area is 124 Å². The van der Waals surface area contributed by atoms with Crippen molar-refractivity contribution in [2.45, 2.75) is 44.4 Å². The molecule has 2 atom stereocenters. The van der Waals surface area contributed by atoms with Crippen LogP contribution in [0, 0.1) is 6.92 Å². The Kier molecular flexibility index (Phi) is 4.80. The van der Waals surface area contributed by atoms with Gasteiger partial charge in [-0.2, -0.15) is 11.8 Å². The largest absolute Gasteiger partial charge is 0.326 e. The average Bonchev–Trinajstić information content (AvgIpc) is 2.76. The van der Waals surface area contributed by atoms with Gasteiger partial charge in [-0.25, -0.2) is 4.98 Å². The van der Waals surface area contributed by atoms with Crippen molar-refractivity contribution >= 4 is 34.4 Å². The molecule has 0 bridgehead atoms. The molecule has 19 heavy (non-hydrogen) atoms. The standard InChI is InChI=1S/C15H21ClN2S/c1-10-6-5-7-13-14(10)18(9-8-11(2)19-4)15(17-13)12(3)16/h5-7,11-12H,8-9H2,1-4H3. The third-order valence-electron chi connectivity index (χ3n) is 3.52. The Morgan fingerprint density at radius 2 is 2.11 bits per heavy atom. The van der Waals surface area contributed by atoms with Gasteiger partial charge in [-0.3, -0.25) is 0 Å². The lowest BCUT2D eigenvalue weighted by molar-refractivity contribution is 0.623. The van der Waals surface area contributed by atoms with Gasteiger partial charge in [-0.05, 0) is 38.2 Å². The van der Waals surface area contributed by atoms with Crippen molar-refractivity contribution in [3.8, 4) is 0 Å². The first-order valence-electron chi connectivity index (χ1n) is 6.67. The maximum Gasteiger partial charge on any atom is 0.127 e. The number of rotatable bonds is 5. The third-order valence-corrected chi connectivity index (χ3v) is 4.75. The maximum absolute atomic E-state index is 6.29. The summed E-state index contributed by atoms with van der Waals surface area (Å²) in [6.45, 7) is 7.38. The minimum atomic E-state index is -0.0589. The van der Waals surface area contributed by atoms with Crippen LogP contribution < -0.4 is 0 Å². The SMILES string of the molecule is CSC(C)CCn1c(C(C)Cl)nc2cccc(C)c21. The Hall–Kier alpha value is -0.670. The van der Waals surface area contributed by atoms with Crippen LogP contribution in [-0.4, -0.2) is 21.1 Å². The summed E-state index contributed by atoms with van der Waals surface area (Å²) in [5.74, 6) is 0.985. The van der Waals surface area contributed by atoms with E-state index in [0.29, 0.717) is 5.25 Å². The molecule has 0 saturated heterocycles. The van der Waals surface area contributed by atoms with E-state index in [9.17, 15) is 0 Å². The lowest BCUT2D eigenvalue weighted by Gasteiger charge is -2.14. The van der Waals surface area contributed by atoms with Crippen LogP contribution in [0.5, 0.6) is 0 Å². The van der Waals surface area contributed by atoms with Gasteiger partial charge in [-0.1, -0.05) is 19.1 Å². The summed E-state index contributed by atoms with van der Waals surface area (Å²) < 4.78 is 2.30. The van der Waals surface area contributed by atoms with Crippen LogP contribution in [0.2, 0.25) is 0 Å². The summed E-state index contributed by atoms with van der Waals surface area (Å²) in [5, 5.41) is 0.594. The zero-order chi connectivity index (χ0) is 14.0. The molecule has 1 aromatic heterocycles. The Morgan fingerprint density at radius 3 is 2.74 bits per heavy atom. The lowest BCUT2D eigenvalue weighted by atomic mass is 10.2. The van der Waals surface area contributed by atoms with Gasteiger partial charge in [0.15, 0.2) is 0 Å². The molecule has 2 nitrogen and oxygen atoms in total. The number of halogens is 1. The van der Waals surface area contributed by atoms with Crippen LogP contribution in [-0.2, 0) is 6.54 Å². The van der Waals surface area contributed by atoms with Gasteiger partial charge in [0.2, 0.25) is 0 Å². The first-order valence-corrected chi connectivity index (χ1v) is 8.39. The fourth-order valence-electron chi connectivity index (χ4n) is 2.34. The van der Waals surface area contributed by atoms with E-state index in [4.69, 9.17) is 16.6 Å². The molecule has 2 rings (SSSR count). The first kappa shape index (κ1) is 14.7. The van der Waals surface area contributed by atoms with Gasteiger partial charge in [0.1, 0.15) is 5.82 Å². The number of alkyl halides is 1.